The quantitative estimate of drug-likeness (QED) is 0.912. The number of aromatic nitrogens is 1. The number of nitrogens with zero attached hydrogens (tertiary/aromatic N) is 2. The highest BCUT2D eigenvalue weighted by molar-refractivity contribution is 5.95. The molecule has 21 heavy (non-hydrogen) atoms. The highest BCUT2D eigenvalue weighted by Gasteiger charge is 2.34. The number of carbonyl (C=O) groups is 1. The van der Waals surface area contributed by atoms with Crippen LogP contribution in [0.15, 0.2) is 12.1 Å². The molecule has 1 aromatic heterocycles. The number of nitrogens with two attached hydrogens (primary N) is 1. The van der Waals surface area contributed by atoms with E-state index in [4.69, 9.17) is 5.73 Å². The summed E-state index contributed by atoms with van der Waals surface area (Å²) in [6, 6.07) is 2.00. The molecule has 0 spiro atoms. The van der Waals surface area contributed by atoms with Crippen molar-refractivity contribution in [2.24, 2.45) is 5.73 Å². The van der Waals surface area contributed by atoms with Gasteiger partial charge in [-0.25, -0.2) is 4.98 Å². The summed E-state index contributed by atoms with van der Waals surface area (Å²) in [6.45, 7) is 2.36. The fraction of sp³-hybridized carbons (Fsp3) is 0.571. The van der Waals surface area contributed by atoms with Crippen LogP contribution < -0.4 is 5.73 Å². The molecule has 7 heteroatoms. The molecule has 0 aromatic carbocycles. The lowest BCUT2D eigenvalue weighted by atomic mass is 10.0. The van der Waals surface area contributed by atoms with Crippen LogP contribution in [-0.2, 0) is 6.18 Å². The lowest BCUT2D eigenvalue weighted by Crippen LogP contribution is -2.47. The second kappa shape index (κ2) is 6.01. The van der Waals surface area contributed by atoms with Crippen molar-refractivity contribution in [2.45, 2.75) is 38.4 Å². The number of alkyl halides is 3. The van der Waals surface area contributed by atoms with Gasteiger partial charge < -0.3 is 10.6 Å². The van der Waals surface area contributed by atoms with Crippen molar-refractivity contribution < 1.29 is 18.0 Å². The van der Waals surface area contributed by atoms with E-state index in [1.54, 1.807) is 4.90 Å². The Hall–Kier alpha value is -1.63. The zero-order chi connectivity index (χ0) is 15.6. The minimum absolute atomic E-state index is 0.0482. The van der Waals surface area contributed by atoms with Crippen LogP contribution in [0.4, 0.5) is 13.2 Å². The van der Waals surface area contributed by atoms with E-state index in [0.717, 1.165) is 25.3 Å². The molecule has 1 aromatic rings. The van der Waals surface area contributed by atoms with Gasteiger partial charge >= 0.3 is 6.18 Å². The molecule has 1 atom stereocenters. The Bertz CT molecular complexity index is 531. The fourth-order valence-corrected chi connectivity index (χ4v) is 2.61. The van der Waals surface area contributed by atoms with Gasteiger partial charge in [-0.1, -0.05) is 0 Å². The first-order chi connectivity index (χ1) is 9.84. The van der Waals surface area contributed by atoms with Crippen molar-refractivity contribution in [3.8, 4) is 0 Å². The second-order valence-electron chi connectivity index (χ2n) is 5.21. The number of likely N-dealkylation sites (tertiary alicyclic amines) is 1. The average Bonchev–Trinajstić information content (AvgIpc) is 2.45. The number of aryl methyl sites for hydroxylation is 1. The minimum atomic E-state index is -4.50. The summed E-state index contributed by atoms with van der Waals surface area (Å²) >= 11 is 0. The highest BCUT2D eigenvalue weighted by atomic mass is 19.4. The molecule has 1 amide bonds. The monoisotopic (exact) mass is 301 g/mol. The first-order valence-electron chi connectivity index (χ1n) is 6.90. The molecule has 1 saturated heterocycles. The molecule has 0 bridgehead atoms. The summed E-state index contributed by atoms with van der Waals surface area (Å²) in [5.74, 6) is -0.288. The number of hydrogen-bond donors (Lipinski definition) is 1. The van der Waals surface area contributed by atoms with Crippen LogP contribution in [0.25, 0.3) is 0 Å². The number of piperidine rings is 1. The highest BCUT2D eigenvalue weighted by Crippen LogP contribution is 2.28. The SMILES string of the molecule is Cc1nc(C(F)(F)F)ccc1C(=O)N1CCCCC1CN. The lowest BCUT2D eigenvalue weighted by molar-refractivity contribution is -0.141. The molecule has 1 aliphatic heterocycles. The molecular formula is C14H18F3N3O. The predicted octanol–water partition coefficient (Wildman–Crippen LogP) is 2.36. The molecule has 4 nitrogen and oxygen atoms in total. The van der Waals surface area contributed by atoms with Gasteiger partial charge in [0.1, 0.15) is 5.69 Å². The summed E-state index contributed by atoms with van der Waals surface area (Å²) in [7, 11) is 0. The van der Waals surface area contributed by atoms with Crippen molar-refractivity contribution in [1.29, 1.82) is 0 Å². The Labute approximate surface area is 121 Å². The van der Waals surface area contributed by atoms with Gasteiger partial charge in [0.05, 0.1) is 11.3 Å². The van der Waals surface area contributed by atoms with E-state index < -0.39 is 11.9 Å². The number of halogens is 3. The zero-order valence-corrected chi connectivity index (χ0v) is 11.8. The summed E-state index contributed by atoms with van der Waals surface area (Å²) in [5, 5.41) is 0. The third kappa shape index (κ3) is 3.34. The number of carbonyl (C=O) groups excluding carboxylic acids is 1. The summed E-state index contributed by atoms with van der Waals surface area (Å²) in [6.07, 6.45) is -1.78. The van der Waals surface area contributed by atoms with Crippen molar-refractivity contribution >= 4 is 5.91 Å². The molecule has 0 aliphatic carbocycles. The number of pyridine rings is 1. The van der Waals surface area contributed by atoms with E-state index in [9.17, 15) is 18.0 Å². The molecule has 1 unspecified atom stereocenters. The Morgan fingerprint density at radius 1 is 1.43 bits per heavy atom. The molecular weight excluding hydrogens is 283 g/mol. The first-order valence-corrected chi connectivity index (χ1v) is 6.90. The largest absolute Gasteiger partial charge is 0.433 e. The van der Waals surface area contributed by atoms with Gasteiger partial charge in [0.2, 0.25) is 0 Å². The Kier molecular flexibility index (Phi) is 4.51. The third-order valence-electron chi connectivity index (χ3n) is 3.77. The van der Waals surface area contributed by atoms with Crippen LogP contribution >= 0.6 is 0 Å². The van der Waals surface area contributed by atoms with Crippen LogP contribution in [0, 0.1) is 6.92 Å². The maximum atomic E-state index is 12.6. The van der Waals surface area contributed by atoms with Gasteiger partial charge in [-0.05, 0) is 38.3 Å². The van der Waals surface area contributed by atoms with Crippen LogP contribution in [0.2, 0.25) is 0 Å². The standard InChI is InChI=1S/C14H18F3N3O/c1-9-11(5-6-12(19-9)14(15,16)17)13(21)20-7-3-2-4-10(20)8-18/h5-6,10H,2-4,7-8,18H2,1H3. The lowest BCUT2D eigenvalue weighted by Gasteiger charge is -2.35. The Morgan fingerprint density at radius 2 is 2.14 bits per heavy atom. The second-order valence-corrected chi connectivity index (χ2v) is 5.21. The van der Waals surface area contributed by atoms with Crippen LogP contribution in [0.3, 0.4) is 0 Å². The predicted molar refractivity (Wildman–Crippen MR) is 71.7 cm³/mol. The van der Waals surface area contributed by atoms with E-state index >= 15 is 0 Å². The molecule has 1 fully saturated rings. The summed E-state index contributed by atoms with van der Waals surface area (Å²) < 4.78 is 37.8. The van der Waals surface area contributed by atoms with Gasteiger partial charge in [0, 0.05) is 19.1 Å². The average molecular weight is 301 g/mol. The molecule has 116 valence electrons. The minimum Gasteiger partial charge on any atom is -0.334 e. The topological polar surface area (TPSA) is 59.2 Å². The van der Waals surface area contributed by atoms with Crippen LogP contribution in [0.1, 0.15) is 41.0 Å². The summed E-state index contributed by atoms with van der Waals surface area (Å²) in [5.41, 5.74) is 4.99. The summed E-state index contributed by atoms with van der Waals surface area (Å²) in [4.78, 5) is 17.7. The van der Waals surface area contributed by atoms with E-state index in [1.165, 1.54) is 13.0 Å². The van der Waals surface area contributed by atoms with E-state index in [-0.39, 0.29) is 23.2 Å². The van der Waals surface area contributed by atoms with E-state index in [0.29, 0.717) is 13.1 Å². The molecule has 2 heterocycles. The van der Waals surface area contributed by atoms with E-state index in [2.05, 4.69) is 4.98 Å². The van der Waals surface area contributed by atoms with Gasteiger partial charge in [-0.2, -0.15) is 13.2 Å². The van der Waals surface area contributed by atoms with Crippen LogP contribution in [0.5, 0.6) is 0 Å². The molecule has 1 aliphatic rings. The van der Waals surface area contributed by atoms with Crippen LogP contribution in [-0.4, -0.2) is 34.9 Å². The van der Waals surface area contributed by atoms with E-state index in [1.807, 2.05) is 0 Å². The number of hydrogen-bond acceptors (Lipinski definition) is 3. The maximum Gasteiger partial charge on any atom is 0.433 e. The number of amides is 1. The van der Waals surface area contributed by atoms with Gasteiger partial charge in [-0.15, -0.1) is 0 Å². The molecule has 2 N–H and O–H groups in total. The Balaban J connectivity index is 2.27. The van der Waals surface area contributed by atoms with Gasteiger partial charge in [0.25, 0.3) is 5.91 Å². The van der Waals surface area contributed by atoms with Crippen molar-refractivity contribution in [3.05, 3.63) is 29.1 Å². The van der Waals surface area contributed by atoms with Crippen molar-refractivity contribution in [3.63, 3.8) is 0 Å². The van der Waals surface area contributed by atoms with Gasteiger partial charge in [0.15, 0.2) is 0 Å². The maximum absolute atomic E-state index is 12.6. The number of rotatable bonds is 2. The third-order valence-corrected chi connectivity index (χ3v) is 3.77. The normalized spacial score (nSPS) is 19.7. The smallest absolute Gasteiger partial charge is 0.334 e. The molecule has 0 radical (unpaired) electrons. The zero-order valence-electron chi connectivity index (χ0n) is 11.8. The van der Waals surface area contributed by atoms with Gasteiger partial charge in [-0.3, -0.25) is 4.79 Å². The molecule has 2 rings (SSSR count). The first kappa shape index (κ1) is 15.8. The molecule has 0 saturated carbocycles. The van der Waals surface area contributed by atoms with Crippen molar-refractivity contribution in [2.75, 3.05) is 13.1 Å². The fourth-order valence-electron chi connectivity index (χ4n) is 2.61. The van der Waals surface area contributed by atoms with Crippen molar-refractivity contribution in [1.82, 2.24) is 9.88 Å². The Morgan fingerprint density at radius 3 is 2.71 bits per heavy atom.